The van der Waals surface area contributed by atoms with Gasteiger partial charge in [-0.05, 0) is 61.7 Å². The standard InChI is InChI=1S/C28H26F2N4O5/c1-16-11-17(3-10-22(16)27(35)32-18-4-5-18)24-13-31-26-23(34(28(36)37)15-25(29)30)12-21(14-33(24)26)39-20-8-6-19(38-2)7-9-20/h3,6-14,18,25H,4-5,15H2,1-2H3,(H,32,35)(H,36,37). The summed E-state index contributed by atoms with van der Waals surface area (Å²) in [7, 11) is 1.54. The van der Waals surface area contributed by atoms with E-state index in [2.05, 4.69) is 10.3 Å². The molecule has 2 N–H and O–H groups in total. The van der Waals surface area contributed by atoms with Gasteiger partial charge in [-0.25, -0.2) is 18.6 Å². The van der Waals surface area contributed by atoms with Crippen molar-refractivity contribution in [2.24, 2.45) is 0 Å². The lowest BCUT2D eigenvalue weighted by molar-refractivity contribution is 0.0950. The Hall–Kier alpha value is -4.67. The van der Waals surface area contributed by atoms with Gasteiger partial charge in [-0.3, -0.25) is 14.1 Å². The average Bonchev–Trinajstić information content (AvgIpc) is 3.62. The fraction of sp³-hybridized carbons (Fsp3) is 0.250. The number of ether oxygens (including phenoxy) is 2. The molecule has 1 aliphatic carbocycles. The number of hydrogen-bond acceptors (Lipinski definition) is 5. The van der Waals surface area contributed by atoms with Gasteiger partial charge >= 0.3 is 6.09 Å². The van der Waals surface area contributed by atoms with Gasteiger partial charge < -0.3 is 19.9 Å². The van der Waals surface area contributed by atoms with Crippen LogP contribution in [-0.2, 0) is 0 Å². The summed E-state index contributed by atoms with van der Waals surface area (Å²) in [6, 6.07) is 13.6. The number of nitrogens with zero attached hydrogens (tertiary/aromatic N) is 3. The van der Waals surface area contributed by atoms with E-state index in [1.807, 2.05) is 13.0 Å². The number of carbonyl (C=O) groups is 2. The molecule has 9 nitrogen and oxygen atoms in total. The number of rotatable bonds is 9. The highest BCUT2D eigenvalue weighted by molar-refractivity contribution is 5.97. The third-order valence-electron chi connectivity index (χ3n) is 6.38. The first kappa shape index (κ1) is 26.0. The largest absolute Gasteiger partial charge is 0.497 e. The zero-order chi connectivity index (χ0) is 27.7. The van der Waals surface area contributed by atoms with Crippen LogP contribution in [0.3, 0.4) is 0 Å². The second-order valence-electron chi connectivity index (χ2n) is 9.24. The number of carboxylic acid groups (broad SMARTS) is 1. The number of aromatic nitrogens is 2. The zero-order valence-corrected chi connectivity index (χ0v) is 21.2. The van der Waals surface area contributed by atoms with E-state index in [0.29, 0.717) is 33.2 Å². The molecule has 0 radical (unpaired) electrons. The SMILES string of the molecule is COc1ccc(Oc2cc(N(CC(F)F)C(=O)O)c3ncc(-c4ccc(C(=O)NC5CC5)c(C)c4)n3c2)cc1. The number of halogens is 2. The lowest BCUT2D eigenvalue weighted by Crippen LogP contribution is -2.34. The predicted octanol–water partition coefficient (Wildman–Crippen LogP) is 5.75. The molecule has 0 bridgehead atoms. The molecule has 4 aromatic rings. The number of methoxy groups -OCH3 is 1. The number of fused-ring (bicyclic) bond motifs is 1. The van der Waals surface area contributed by atoms with Gasteiger partial charge in [0, 0.05) is 23.2 Å². The molecular formula is C28H26F2N4O5. The van der Waals surface area contributed by atoms with Gasteiger partial charge in [0.2, 0.25) is 0 Å². The number of alkyl halides is 2. The first-order valence-corrected chi connectivity index (χ1v) is 12.3. The maximum atomic E-state index is 13.3. The number of benzene rings is 2. The highest BCUT2D eigenvalue weighted by Crippen LogP contribution is 2.34. The van der Waals surface area contributed by atoms with Crippen LogP contribution in [0.5, 0.6) is 17.2 Å². The summed E-state index contributed by atoms with van der Waals surface area (Å²) in [5, 5.41) is 12.7. The Morgan fingerprint density at radius 3 is 2.46 bits per heavy atom. The summed E-state index contributed by atoms with van der Waals surface area (Å²) in [4.78, 5) is 29.5. The molecule has 1 aliphatic rings. The average molecular weight is 537 g/mol. The van der Waals surface area contributed by atoms with Crippen molar-refractivity contribution < 1.29 is 33.0 Å². The molecule has 202 valence electrons. The Kier molecular flexibility index (Phi) is 7.05. The van der Waals surface area contributed by atoms with Crippen molar-refractivity contribution in [1.82, 2.24) is 14.7 Å². The van der Waals surface area contributed by atoms with Gasteiger partial charge in [-0.1, -0.05) is 6.07 Å². The van der Waals surface area contributed by atoms with Crippen molar-refractivity contribution in [1.29, 1.82) is 0 Å². The van der Waals surface area contributed by atoms with Crippen LogP contribution >= 0.6 is 0 Å². The molecule has 0 unspecified atom stereocenters. The third kappa shape index (κ3) is 5.62. The fourth-order valence-corrected chi connectivity index (χ4v) is 4.28. The van der Waals surface area contributed by atoms with E-state index in [9.17, 15) is 23.5 Å². The summed E-state index contributed by atoms with van der Waals surface area (Å²) < 4.78 is 39.4. The van der Waals surface area contributed by atoms with Crippen LogP contribution in [0.4, 0.5) is 19.3 Å². The van der Waals surface area contributed by atoms with Gasteiger partial charge in [0.05, 0.1) is 37.4 Å². The van der Waals surface area contributed by atoms with Crippen molar-refractivity contribution in [3.05, 3.63) is 72.1 Å². The Bertz CT molecular complexity index is 1530. The molecule has 2 aromatic heterocycles. The summed E-state index contributed by atoms with van der Waals surface area (Å²) in [5.74, 6) is 1.12. The van der Waals surface area contributed by atoms with Crippen LogP contribution in [-0.4, -0.2) is 52.6 Å². The number of aryl methyl sites for hydroxylation is 1. The molecule has 0 spiro atoms. The predicted molar refractivity (Wildman–Crippen MR) is 140 cm³/mol. The minimum atomic E-state index is -2.90. The summed E-state index contributed by atoms with van der Waals surface area (Å²) >= 11 is 0. The fourth-order valence-electron chi connectivity index (χ4n) is 4.28. The van der Waals surface area contributed by atoms with Gasteiger partial charge in [-0.2, -0.15) is 0 Å². The molecule has 5 rings (SSSR count). The second kappa shape index (κ2) is 10.6. The highest BCUT2D eigenvalue weighted by Gasteiger charge is 2.26. The lowest BCUT2D eigenvalue weighted by Gasteiger charge is -2.21. The van der Waals surface area contributed by atoms with Crippen LogP contribution in [0.2, 0.25) is 0 Å². The van der Waals surface area contributed by atoms with Crippen molar-refractivity contribution >= 4 is 23.3 Å². The Labute approximate surface area is 222 Å². The molecule has 1 saturated carbocycles. The number of imidazole rings is 1. The quantitative estimate of drug-likeness (QED) is 0.282. The van der Waals surface area contributed by atoms with Crippen molar-refractivity contribution in [3.63, 3.8) is 0 Å². The molecule has 0 aliphatic heterocycles. The van der Waals surface area contributed by atoms with Crippen molar-refractivity contribution in [2.75, 3.05) is 18.6 Å². The monoisotopic (exact) mass is 536 g/mol. The zero-order valence-electron chi connectivity index (χ0n) is 21.2. The van der Waals surface area contributed by atoms with Crippen LogP contribution in [0, 0.1) is 6.92 Å². The van der Waals surface area contributed by atoms with E-state index in [1.54, 1.807) is 47.0 Å². The molecule has 0 atom stereocenters. The lowest BCUT2D eigenvalue weighted by atomic mass is 10.0. The van der Waals surface area contributed by atoms with Gasteiger partial charge in [0.25, 0.3) is 12.3 Å². The van der Waals surface area contributed by atoms with Gasteiger partial charge in [-0.15, -0.1) is 0 Å². The number of hydrogen-bond donors (Lipinski definition) is 2. The minimum absolute atomic E-state index is 0.0581. The molecular weight excluding hydrogens is 510 g/mol. The second-order valence-corrected chi connectivity index (χ2v) is 9.24. The van der Waals surface area contributed by atoms with Gasteiger partial charge in [0.1, 0.15) is 17.2 Å². The first-order valence-electron chi connectivity index (χ1n) is 12.3. The minimum Gasteiger partial charge on any atom is -0.497 e. The van der Waals surface area contributed by atoms with E-state index in [0.717, 1.165) is 18.4 Å². The number of pyridine rings is 1. The van der Waals surface area contributed by atoms with Gasteiger partial charge in [0.15, 0.2) is 5.65 Å². The molecule has 2 amide bonds. The summed E-state index contributed by atoms with van der Waals surface area (Å²) in [6.07, 6.45) is 0.636. The smallest absolute Gasteiger partial charge is 0.412 e. The first-order chi connectivity index (χ1) is 18.7. The Morgan fingerprint density at radius 2 is 1.85 bits per heavy atom. The highest BCUT2D eigenvalue weighted by atomic mass is 19.3. The summed E-state index contributed by atoms with van der Waals surface area (Å²) in [6.45, 7) is 0.788. The maximum Gasteiger partial charge on any atom is 0.412 e. The number of anilines is 1. The maximum absolute atomic E-state index is 13.3. The van der Waals surface area contributed by atoms with Crippen molar-refractivity contribution in [2.45, 2.75) is 32.2 Å². The van der Waals surface area contributed by atoms with E-state index in [4.69, 9.17) is 9.47 Å². The van der Waals surface area contributed by atoms with Crippen LogP contribution in [0.15, 0.2) is 60.9 Å². The number of nitrogens with one attached hydrogen (secondary N) is 1. The van der Waals surface area contributed by atoms with E-state index in [1.165, 1.54) is 19.4 Å². The Balaban J connectivity index is 1.59. The molecule has 1 fully saturated rings. The molecule has 0 saturated heterocycles. The van der Waals surface area contributed by atoms with E-state index >= 15 is 0 Å². The summed E-state index contributed by atoms with van der Waals surface area (Å²) in [5.41, 5.74) is 2.66. The number of carbonyl (C=O) groups excluding carboxylic acids is 1. The van der Waals surface area contributed by atoms with E-state index < -0.39 is 19.1 Å². The van der Waals surface area contributed by atoms with Crippen molar-refractivity contribution in [3.8, 4) is 28.5 Å². The van der Waals surface area contributed by atoms with E-state index in [-0.39, 0.29) is 29.0 Å². The third-order valence-corrected chi connectivity index (χ3v) is 6.38. The normalized spacial score (nSPS) is 12.9. The van der Waals surface area contributed by atoms with Crippen LogP contribution in [0.25, 0.3) is 16.9 Å². The molecule has 39 heavy (non-hydrogen) atoms. The van der Waals surface area contributed by atoms with Crippen LogP contribution < -0.4 is 19.7 Å². The molecule has 11 heteroatoms. The molecule has 2 heterocycles. The number of amides is 2. The van der Waals surface area contributed by atoms with Crippen LogP contribution in [0.1, 0.15) is 28.8 Å². The topological polar surface area (TPSA) is 105 Å². The molecule has 2 aromatic carbocycles. The Morgan fingerprint density at radius 1 is 1.13 bits per heavy atom.